The van der Waals surface area contributed by atoms with Gasteiger partial charge in [0.1, 0.15) is 18.3 Å². The largest absolute Gasteiger partial charge is 0.394 e. The number of carbonyl (C=O) groups excluding carboxylic acids is 1. The second-order valence-electron chi connectivity index (χ2n) is 5.05. The molecule has 18 heavy (non-hydrogen) atoms. The Bertz CT molecular complexity index is 333. The molecule has 5 atom stereocenters. The topological polar surface area (TPSA) is 97.3 Å². The summed E-state index contributed by atoms with van der Waals surface area (Å²) in [5.41, 5.74) is 0. The van der Waals surface area contributed by atoms with Crippen molar-refractivity contribution in [3.63, 3.8) is 0 Å². The van der Waals surface area contributed by atoms with E-state index in [0.29, 0.717) is 0 Å². The van der Waals surface area contributed by atoms with Crippen LogP contribution in [-0.4, -0.2) is 59.2 Å². The smallest absolute Gasteiger partial charge is 0.217 e. The van der Waals surface area contributed by atoms with Gasteiger partial charge in [-0.05, 0) is 13.8 Å². The van der Waals surface area contributed by atoms with E-state index in [1.807, 2.05) is 0 Å². The molecule has 2 rings (SSSR count). The van der Waals surface area contributed by atoms with Crippen molar-refractivity contribution in [2.45, 2.75) is 57.2 Å². The molecule has 3 N–H and O–H groups in total. The maximum absolute atomic E-state index is 11.2. The number of carbonyl (C=O) groups is 1. The van der Waals surface area contributed by atoms with Gasteiger partial charge in [-0.1, -0.05) is 0 Å². The van der Waals surface area contributed by atoms with Crippen molar-refractivity contribution in [2.75, 3.05) is 6.61 Å². The molecule has 0 aromatic rings. The van der Waals surface area contributed by atoms with Gasteiger partial charge in [0.2, 0.25) is 5.91 Å². The normalized spacial score (nSPS) is 39.4. The van der Waals surface area contributed by atoms with Gasteiger partial charge >= 0.3 is 0 Å². The van der Waals surface area contributed by atoms with E-state index in [1.165, 1.54) is 6.92 Å². The fraction of sp³-hybridized carbons (Fsp3) is 0.909. The molecule has 0 saturated carbocycles. The number of nitrogens with one attached hydrogen (secondary N) is 1. The summed E-state index contributed by atoms with van der Waals surface area (Å²) < 4.78 is 16.7. The SMILES string of the molecule is CC(=O)N[C@@H]1[C@H]2OC(C)(C)O[C@H]2O[C@@H]1[C@H](O)CO. The Balaban J connectivity index is 2.14. The Kier molecular flexibility index (Phi) is 3.61. The number of aliphatic hydroxyl groups excluding tert-OH is 2. The number of fused-ring (bicyclic) bond motifs is 1. The molecule has 7 nitrogen and oxygen atoms in total. The molecule has 0 aromatic heterocycles. The van der Waals surface area contributed by atoms with Crippen molar-refractivity contribution in [3.8, 4) is 0 Å². The lowest BCUT2D eigenvalue weighted by Crippen LogP contribution is -2.52. The number of aliphatic hydroxyl groups is 2. The molecular weight excluding hydrogens is 242 g/mol. The van der Waals surface area contributed by atoms with E-state index in [4.69, 9.17) is 19.3 Å². The Morgan fingerprint density at radius 2 is 2.11 bits per heavy atom. The third-order valence-electron chi connectivity index (χ3n) is 3.02. The van der Waals surface area contributed by atoms with Crippen LogP contribution >= 0.6 is 0 Å². The van der Waals surface area contributed by atoms with Crippen LogP contribution in [0.25, 0.3) is 0 Å². The van der Waals surface area contributed by atoms with Crippen molar-refractivity contribution >= 4 is 5.91 Å². The van der Waals surface area contributed by atoms with Gasteiger partial charge in [0.25, 0.3) is 0 Å². The van der Waals surface area contributed by atoms with E-state index in [0.717, 1.165) is 0 Å². The summed E-state index contributed by atoms with van der Waals surface area (Å²) in [7, 11) is 0. The molecule has 1 amide bonds. The van der Waals surface area contributed by atoms with Gasteiger partial charge in [0.05, 0.1) is 12.6 Å². The molecular formula is C11H19NO6. The molecule has 7 heteroatoms. The third-order valence-corrected chi connectivity index (χ3v) is 3.02. The Hall–Kier alpha value is -0.730. The van der Waals surface area contributed by atoms with E-state index in [-0.39, 0.29) is 5.91 Å². The number of rotatable bonds is 3. The maximum atomic E-state index is 11.2. The van der Waals surface area contributed by atoms with Crippen LogP contribution in [0.2, 0.25) is 0 Å². The molecule has 0 bridgehead atoms. The zero-order valence-electron chi connectivity index (χ0n) is 10.6. The minimum Gasteiger partial charge on any atom is -0.394 e. The lowest BCUT2D eigenvalue weighted by Gasteiger charge is -2.28. The highest BCUT2D eigenvalue weighted by molar-refractivity contribution is 5.73. The number of ether oxygens (including phenoxy) is 3. The Labute approximate surface area is 105 Å². The van der Waals surface area contributed by atoms with Crippen LogP contribution in [0.1, 0.15) is 20.8 Å². The Morgan fingerprint density at radius 1 is 1.44 bits per heavy atom. The zero-order chi connectivity index (χ0) is 13.5. The molecule has 0 unspecified atom stereocenters. The molecule has 104 valence electrons. The van der Waals surface area contributed by atoms with Gasteiger partial charge in [-0.25, -0.2) is 0 Å². The summed E-state index contributed by atoms with van der Waals surface area (Å²) >= 11 is 0. The molecule has 0 spiro atoms. The van der Waals surface area contributed by atoms with E-state index in [1.54, 1.807) is 13.8 Å². The van der Waals surface area contributed by atoms with E-state index in [2.05, 4.69) is 5.32 Å². The minimum absolute atomic E-state index is 0.257. The molecule has 2 saturated heterocycles. The third kappa shape index (κ3) is 2.50. The van der Waals surface area contributed by atoms with Crippen LogP contribution in [0, 0.1) is 0 Å². The molecule has 2 fully saturated rings. The van der Waals surface area contributed by atoms with Crippen LogP contribution in [0.4, 0.5) is 0 Å². The van der Waals surface area contributed by atoms with Crippen molar-refractivity contribution in [1.82, 2.24) is 5.32 Å². The van der Waals surface area contributed by atoms with E-state index in [9.17, 15) is 9.90 Å². The van der Waals surface area contributed by atoms with Gasteiger partial charge in [-0.15, -0.1) is 0 Å². The number of hydrogen-bond acceptors (Lipinski definition) is 6. The molecule has 2 heterocycles. The molecule has 0 aliphatic carbocycles. The first-order valence-corrected chi connectivity index (χ1v) is 5.91. The van der Waals surface area contributed by atoms with Crippen LogP contribution in [0.5, 0.6) is 0 Å². The fourth-order valence-electron chi connectivity index (χ4n) is 2.37. The van der Waals surface area contributed by atoms with Gasteiger partial charge in [0.15, 0.2) is 12.1 Å². The standard InChI is InChI=1S/C11H19NO6/c1-5(14)12-7-8(6(15)4-13)16-10-9(7)17-11(2,3)18-10/h6-10,13,15H,4H2,1-3H3,(H,12,14)/t6-,7+,8-,9-,10-/m1/s1. The summed E-state index contributed by atoms with van der Waals surface area (Å²) in [6.07, 6.45) is -2.98. The van der Waals surface area contributed by atoms with Gasteiger partial charge in [-0.3, -0.25) is 4.79 Å². The van der Waals surface area contributed by atoms with E-state index < -0.39 is 43.0 Å². The van der Waals surface area contributed by atoms with Crippen molar-refractivity contribution in [1.29, 1.82) is 0 Å². The highest BCUT2D eigenvalue weighted by Gasteiger charge is 2.56. The van der Waals surface area contributed by atoms with Crippen molar-refractivity contribution in [3.05, 3.63) is 0 Å². The molecule has 2 aliphatic heterocycles. The van der Waals surface area contributed by atoms with Gasteiger partial charge in [0, 0.05) is 6.92 Å². The highest BCUT2D eigenvalue weighted by atomic mass is 16.8. The first kappa shape index (κ1) is 13.7. The Morgan fingerprint density at radius 3 is 2.67 bits per heavy atom. The average Bonchev–Trinajstić information content (AvgIpc) is 2.71. The second-order valence-corrected chi connectivity index (χ2v) is 5.05. The molecule has 2 aliphatic rings. The lowest BCUT2D eigenvalue weighted by molar-refractivity contribution is -0.218. The van der Waals surface area contributed by atoms with Crippen LogP contribution in [0.3, 0.4) is 0 Å². The second kappa shape index (κ2) is 4.75. The molecule has 0 aromatic carbocycles. The number of hydrogen-bond donors (Lipinski definition) is 3. The van der Waals surface area contributed by atoms with Crippen molar-refractivity contribution < 1.29 is 29.2 Å². The first-order valence-electron chi connectivity index (χ1n) is 5.91. The quantitative estimate of drug-likeness (QED) is 0.585. The predicted molar refractivity (Wildman–Crippen MR) is 59.4 cm³/mol. The van der Waals surface area contributed by atoms with Crippen molar-refractivity contribution in [2.24, 2.45) is 0 Å². The lowest BCUT2D eigenvalue weighted by atomic mass is 10.0. The van der Waals surface area contributed by atoms with Gasteiger partial charge < -0.3 is 29.7 Å². The van der Waals surface area contributed by atoms with Crippen LogP contribution in [-0.2, 0) is 19.0 Å². The first-order chi connectivity index (χ1) is 8.34. The van der Waals surface area contributed by atoms with Gasteiger partial charge in [-0.2, -0.15) is 0 Å². The van der Waals surface area contributed by atoms with E-state index >= 15 is 0 Å². The fourth-order valence-corrected chi connectivity index (χ4v) is 2.37. The summed E-state index contributed by atoms with van der Waals surface area (Å²) in [4.78, 5) is 11.2. The zero-order valence-corrected chi connectivity index (χ0v) is 10.6. The van der Waals surface area contributed by atoms with Crippen LogP contribution < -0.4 is 5.32 Å². The predicted octanol–water partition coefficient (Wildman–Crippen LogP) is -1.28. The molecule has 0 radical (unpaired) electrons. The summed E-state index contributed by atoms with van der Waals surface area (Å²) in [6.45, 7) is 4.41. The monoisotopic (exact) mass is 261 g/mol. The summed E-state index contributed by atoms with van der Waals surface area (Å²) in [6, 6.07) is -0.545. The number of amides is 1. The minimum atomic E-state index is -1.09. The summed E-state index contributed by atoms with van der Waals surface area (Å²) in [5, 5.41) is 21.4. The summed E-state index contributed by atoms with van der Waals surface area (Å²) in [5.74, 6) is -1.05. The average molecular weight is 261 g/mol. The highest BCUT2D eigenvalue weighted by Crippen LogP contribution is 2.38. The van der Waals surface area contributed by atoms with Crippen LogP contribution in [0.15, 0.2) is 0 Å². The maximum Gasteiger partial charge on any atom is 0.217 e.